The molecule has 0 unspecified atom stereocenters. The largest absolute Gasteiger partial charge is 0.273 e. The Kier molecular flexibility index (Phi) is 2.04. The van der Waals surface area contributed by atoms with E-state index in [0.29, 0.717) is 6.42 Å². The van der Waals surface area contributed by atoms with Gasteiger partial charge >= 0.3 is 0 Å². The van der Waals surface area contributed by atoms with Gasteiger partial charge in [-0.3, -0.25) is 4.79 Å². The highest BCUT2D eigenvalue weighted by atomic mass is 16.2. The first-order valence-electron chi connectivity index (χ1n) is 4.74. The minimum Gasteiger partial charge on any atom is -0.273 e. The van der Waals surface area contributed by atoms with E-state index in [1.807, 2.05) is 44.2 Å². The number of carbonyl (C=O) groups excluding carboxylic acids is 1. The smallest absolute Gasteiger partial charge is 0.243 e. The summed E-state index contributed by atoms with van der Waals surface area (Å²) < 4.78 is 0. The summed E-state index contributed by atoms with van der Waals surface area (Å²) in [6.45, 7) is 4.04. The van der Waals surface area contributed by atoms with Gasteiger partial charge in [0.15, 0.2) is 0 Å². The van der Waals surface area contributed by atoms with Gasteiger partial charge in [0.25, 0.3) is 0 Å². The molecule has 74 valence electrons. The molecule has 1 fully saturated rings. The number of hydrazine groups is 1. The molecule has 0 aromatic heterocycles. The Labute approximate surface area is 83.7 Å². The molecule has 0 saturated carbocycles. The van der Waals surface area contributed by atoms with Gasteiger partial charge in [-0.05, 0) is 26.0 Å². The molecule has 14 heavy (non-hydrogen) atoms. The van der Waals surface area contributed by atoms with Crippen LogP contribution in [0.3, 0.4) is 0 Å². The highest BCUT2D eigenvalue weighted by molar-refractivity contribution is 5.95. The third-order valence-electron chi connectivity index (χ3n) is 2.27. The summed E-state index contributed by atoms with van der Waals surface area (Å²) in [7, 11) is 0. The Morgan fingerprint density at radius 2 is 1.93 bits per heavy atom. The van der Waals surface area contributed by atoms with E-state index in [9.17, 15) is 4.79 Å². The number of amides is 1. The minimum atomic E-state index is -0.132. The predicted octanol–water partition coefficient (Wildman–Crippen LogP) is 1.71. The van der Waals surface area contributed by atoms with Crippen molar-refractivity contribution in [3.05, 3.63) is 30.3 Å². The second-order valence-corrected chi connectivity index (χ2v) is 4.24. The Morgan fingerprint density at radius 3 is 2.43 bits per heavy atom. The molecule has 1 aromatic rings. The zero-order chi connectivity index (χ0) is 10.2. The fourth-order valence-corrected chi connectivity index (χ4v) is 1.65. The Balaban J connectivity index is 2.26. The molecule has 3 nitrogen and oxygen atoms in total. The van der Waals surface area contributed by atoms with Crippen LogP contribution in [-0.4, -0.2) is 11.4 Å². The van der Waals surface area contributed by atoms with Crippen molar-refractivity contribution in [2.45, 2.75) is 25.8 Å². The van der Waals surface area contributed by atoms with Gasteiger partial charge in [0.1, 0.15) is 0 Å². The molecule has 0 aliphatic carbocycles. The SMILES string of the molecule is CC1(C)CC(=O)N(c2ccccc2)N1. The van der Waals surface area contributed by atoms with Crippen LogP contribution in [0.5, 0.6) is 0 Å². The number of rotatable bonds is 1. The molecule has 2 rings (SSSR count). The van der Waals surface area contributed by atoms with E-state index in [0.717, 1.165) is 5.69 Å². The van der Waals surface area contributed by atoms with Crippen molar-refractivity contribution in [1.29, 1.82) is 0 Å². The summed E-state index contributed by atoms with van der Waals surface area (Å²) in [6, 6.07) is 9.64. The van der Waals surface area contributed by atoms with Gasteiger partial charge < -0.3 is 0 Å². The van der Waals surface area contributed by atoms with Gasteiger partial charge in [-0.1, -0.05) is 18.2 Å². The van der Waals surface area contributed by atoms with Gasteiger partial charge in [0.05, 0.1) is 5.69 Å². The first-order chi connectivity index (χ1) is 6.58. The molecule has 1 aromatic carbocycles. The van der Waals surface area contributed by atoms with Crippen LogP contribution in [0.15, 0.2) is 30.3 Å². The zero-order valence-corrected chi connectivity index (χ0v) is 8.45. The maximum absolute atomic E-state index is 11.7. The second kappa shape index (κ2) is 3.10. The standard InChI is InChI=1S/C11H14N2O/c1-11(2)8-10(14)13(12-11)9-6-4-3-5-7-9/h3-7,12H,8H2,1-2H3. The topological polar surface area (TPSA) is 32.3 Å². The number of nitrogens with one attached hydrogen (secondary N) is 1. The normalized spacial score (nSPS) is 20.1. The third kappa shape index (κ3) is 1.63. The summed E-state index contributed by atoms with van der Waals surface area (Å²) in [6.07, 6.45) is 0.544. The lowest BCUT2D eigenvalue weighted by molar-refractivity contribution is -0.117. The molecule has 3 heteroatoms. The van der Waals surface area contributed by atoms with Crippen molar-refractivity contribution < 1.29 is 4.79 Å². The molecule has 1 aliphatic heterocycles. The summed E-state index contributed by atoms with van der Waals surface area (Å²) in [5.41, 5.74) is 3.95. The number of anilines is 1. The summed E-state index contributed by atoms with van der Waals surface area (Å²) in [5.74, 6) is 0.126. The molecule has 1 heterocycles. The first kappa shape index (κ1) is 9.21. The van der Waals surface area contributed by atoms with Crippen molar-refractivity contribution in [2.75, 3.05) is 5.01 Å². The molecule has 1 N–H and O–H groups in total. The van der Waals surface area contributed by atoms with E-state index in [1.54, 1.807) is 5.01 Å². The van der Waals surface area contributed by atoms with Gasteiger partial charge in [-0.15, -0.1) is 0 Å². The van der Waals surface area contributed by atoms with E-state index < -0.39 is 0 Å². The fraction of sp³-hybridized carbons (Fsp3) is 0.364. The van der Waals surface area contributed by atoms with Gasteiger partial charge in [0, 0.05) is 12.0 Å². The molecular weight excluding hydrogens is 176 g/mol. The maximum Gasteiger partial charge on any atom is 0.243 e. The lowest BCUT2D eigenvalue weighted by atomic mass is 10.0. The Bertz CT molecular complexity index is 346. The Morgan fingerprint density at radius 1 is 1.29 bits per heavy atom. The van der Waals surface area contributed by atoms with Crippen LogP contribution in [-0.2, 0) is 4.79 Å². The van der Waals surface area contributed by atoms with E-state index in [4.69, 9.17) is 0 Å². The van der Waals surface area contributed by atoms with Crippen LogP contribution in [0.4, 0.5) is 5.69 Å². The number of para-hydroxylation sites is 1. The molecule has 0 bridgehead atoms. The fourth-order valence-electron chi connectivity index (χ4n) is 1.65. The van der Waals surface area contributed by atoms with E-state index >= 15 is 0 Å². The first-order valence-corrected chi connectivity index (χ1v) is 4.74. The third-order valence-corrected chi connectivity index (χ3v) is 2.27. The van der Waals surface area contributed by atoms with Crippen LogP contribution in [0, 0.1) is 0 Å². The minimum absolute atomic E-state index is 0.126. The lowest BCUT2D eigenvalue weighted by Crippen LogP contribution is -2.42. The second-order valence-electron chi connectivity index (χ2n) is 4.24. The monoisotopic (exact) mass is 190 g/mol. The molecular formula is C11H14N2O. The summed E-state index contributed by atoms with van der Waals surface area (Å²) in [5, 5.41) is 1.62. The Hall–Kier alpha value is -1.35. The average molecular weight is 190 g/mol. The number of hydrogen-bond donors (Lipinski definition) is 1. The van der Waals surface area contributed by atoms with E-state index in [1.165, 1.54) is 0 Å². The van der Waals surface area contributed by atoms with Crippen molar-refractivity contribution in [3.8, 4) is 0 Å². The van der Waals surface area contributed by atoms with Gasteiger partial charge in [0.2, 0.25) is 5.91 Å². The zero-order valence-electron chi connectivity index (χ0n) is 8.45. The number of benzene rings is 1. The lowest BCUT2D eigenvalue weighted by Gasteiger charge is -2.21. The van der Waals surface area contributed by atoms with Crippen LogP contribution < -0.4 is 10.4 Å². The van der Waals surface area contributed by atoms with Crippen molar-refractivity contribution in [3.63, 3.8) is 0 Å². The highest BCUT2D eigenvalue weighted by Crippen LogP contribution is 2.23. The molecule has 0 spiro atoms. The van der Waals surface area contributed by atoms with Crippen LogP contribution >= 0.6 is 0 Å². The molecule has 1 amide bonds. The molecule has 1 aliphatic rings. The summed E-state index contributed by atoms with van der Waals surface area (Å²) in [4.78, 5) is 11.7. The number of hydrogen-bond acceptors (Lipinski definition) is 2. The van der Waals surface area contributed by atoms with Gasteiger partial charge in [-0.2, -0.15) is 0 Å². The van der Waals surface area contributed by atoms with Crippen LogP contribution in [0.1, 0.15) is 20.3 Å². The van der Waals surface area contributed by atoms with Crippen LogP contribution in [0.25, 0.3) is 0 Å². The molecule has 0 atom stereocenters. The van der Waals surface area contributed by atoms with E-state index in [-0.39, 0.29) is 11.4 Å². The molecule has 0 radical (unpaired) electrons. The van der Waals surface area contributed by atoms with Gasteiger partial charge in [-0.25, -0.2) is 10.4 Å². The number of nitrogens with zero attached hydrogens (tertiary/aromatic N) is 1. The maximum atomic E-state index is 11.7. The quantitative estimate of drug-likeness (QED) is 0.731. The predicted molar refractivity (Wildman–Crippen MR) is 55.8 cm³/mol. The van der Waals surface area contributed by atoms with Crippen molar-refractivity contribution in [2.24, 2.45) is 0 Å². The average Bonchev–Trinajstić information content (AvgIpc) is 2.41. The van der Waals surface area contributed by atoms with Crippen molar-refractivity contribution >= 4 is 11.6 Å². The van der Waals surface area contributed by atoms with E-state index in [2.05, 4.69) is 5.43 Å². The molecule has 1 saturated heterocycles. The number of carbonyl (C=O) groups is 1. The summed E-state index contributed by atoms with van der Waals surface area (Å²) >= 11 is 0. The van der Waals surface area contributed by atoms with Crippen molar-refractivity contribution in [1.82, 2.24) is 5.43 Å². The van der Waals surface area contributed by atoms with Crippen LogP contribution in [0.2, 0.25) is 0 Å². The highest BCUT2D eigenvalue weighted by Gasteiger charge is 2.35.